The molecular weight excluding hydrogens is 312 g/mol. The molecule has 1 fully saturated rings. The fourth-order valence-electron chi connectivity index (χ4n) is 3.38. The maximum absolute atomic E-state index is 11.8. The molecule has 1 amide bonds. The number of hydrogen-bond donors (Lipinski definition) is 4. The van der Waals surface area contributed by atoms with Gasteiger partial charge in [0.05, 0.1) is 11.3 Å². The number of amides is 1. The zero-order chi connectivity index (χ0) is 17.8. The molecule has 0 aromatic heterocycles. The van der Waals surface area contributed by atoms with Crippen LogP contribution >= 0.6 is 0 Å². The summed E-state index contributed by atoms with van der Waals surface area (Å²) < 4.78 is 0. The SMILES string of the molecule is Cc1cccc(Nc2cc(NC3CCCCC3N)ccc2C(N)=O)c1. The first-order valence-electron chi connectivity index (χ1n) is 8.82. The van der Waals surface area contributed by atoms with Crippen LogP contribution < -0.4 is 22.1 Å². The molecule has 6 N–H and O–H groups in total. The third kappa shape index (κ3) is 4.31. The second-order valence-electron chi connectivity index (χ2n) is 6.82. The lowest BCUT2D eigenvalue weighted by molar-refractivity contribution is 0.100. The summed E-state index contributed by atoms with van der Waals surface area (Å²) in [4.78, 5) is 11.8. The normalized spacial score (nSPS) is 20.1. The lowest BCUT2D eigenvalue weighted by Crippen LogP contribution is -2.42. The van der Waals surface area contributed by atoms with Crippen LogP contribution in [0.25, 0.3) is 0 Å². The Morgan fingerprint density at radius 1 is 1.08 bits per heavy atom. The predicted molar refractivity (Wildman–Crippen MR) is 103 cm³/mol. The van der Waals surface area contributed by atoms with Crippen molar-refractivity contribution in [2.45, 2.75) is 44.7 Å². The van der Waals surface area contributed by atoms with Crippen LogP contribution in [0.3, 0.4) is 0 Å². The number of aryl methyl sites for hydroxylation is 1. The Balaban J connectivity index is 1.85. The number of primary amides is 1. The Kier molecular flexibility index (Phi) is 5.24. The number of carbonyl (C=O) groups excluding carboxylic acids is 1. The van der Waals surface area contributed by atoms with Crippen molar-refractivity contribution in [3.05, 3.63) is 53.6 Å². The Morgan fingerprint density at radius 2 is 1.88 bits per heavy atom. The number of anilines is 3. The average molecular weight is 338 g/mol. The van der Waals surface area contributed by atoms with E-state index in [0.29, 0.717) is 11.3 Å². The largest absolute Gasteiger partial charge is 0.381 e. The van der Waals surface area contributed by atoms with Gasteiger partial charge in [0.2, 0.25) is 0 Å². The van der Waals surface area contributed by atoms with Crippen LogP contribution in [0, 0.1) is 6.92 Å². The maximum atomic E-state index is 11.8. The average Bonchev–Trinajstić information content (AvgIpc) is 2.57. The summed E-state index contributed by atoms with van der Waals surface area (Å²) in [6.45, 7) is 2.03. The first kappa shape index (κ1) is 17.3. The van der Waals surface area contributed by atoms with Crippen molar-refractivity contribution in [1.29, 1.82) is 0 Å². The fraction of sp³-hybridized carbons (Fsp3) is 0.350. The van der Waals surface area contributed by atoms with Crippen molar-refractivity contribution in [2.75, 3.05) is 10.6 Å². The van der Waals surface area contributed by atoms with Crippen molar-refractivity contribution in [3.63, 3.8) is 0 Å². The highest BCUT2D eigenvalue weighted by atomic mass is 16.1. The van der Waals surface area contributed by atoms with Gasteiger partial charge in [-0.3, -0.25) is 4.79 Å². The van der Waals surface area contributed by atoms with E-state index < -0.39 is 5.91 Å². The van der Waals surface area contributed by atoms with Crippen LogP contribution in [0.1, 0.15) is 41.6 Å². The first-order chi connectivity index (χ1) is 12.0. The van der Waals surface area contributed by atoms with E-state index in [-0.39, 0.29) is 12.1 Å². The summed E-state index contributed by atoms with van der Waals surface area (Å²) >= 11 is 0. The fourth-order valence-corrected chi connectivity index (χ4v) is 3.38. The van der Waals surface area contributed by atoms with Crippen LogP contribution in [-0.2, 0) is 0 Å². The van der Waals surface area contributed by atoms with E-state index in [0.717, 1.165) is 29.8 Å². The summed E-state index contributed by atoms with van der Waals surface area (Å²) in [7, 11) is 0. The van der Waals surface area contributed by atoms with Gasteiger partial charge in [-0.25, -0.2) is 0 Å². The van der Waals surface area contributed by atoms with Crippen molar-refractivity contribution >= 4 is 23.0 Å². The van der Waals surface area contributed by atoms with Gasteiger partial charge in [-0.05, 0) is 55.7 Å². The summed E-state index contributed by atoms with van der Waals surface area (Å²) in [6.07, 6.45) is 4.50. The van der Waals surface area contributed by atoms with Crippen molar-refractivity contribution < 1.29 is 4.79 Å². The molecule has 1 aliphatic rings. The molecule has 1 saturated carbocycles. The van der Waals surface area contributed by atoms with E-state index in [1.807, 2.05) is 43.3 Å². The standard InChI is InChI=1S/C20H26N4O/c1-13-5-4-6-14(11-13)24-19-12-15(9-10-16(19)20(22)25)23-18-8-3-2-7-17(18)21/h4-6,9-12,17-18,23-24H,2-3,7-8,21H2,1H3,(H2,22,25). The highest BCUT2D eigenvalue weighted by Crippen LogP contribution is 2.27. The van der Waals surface area contributed by atoms with Gasteiger partial charge in [-0.2, -0.15) is 0 Å². The van der Waals surface area contributed by atoms with Crippen LogP contribution in [0.2, 0.25) is 0 Å². The third-order valence-electron chi connectivity index (χ3n) is 4.75. The maximum Gasteiger partial charge on any atom is 0.250 e. The van der Waals surface area contributed by atoms with E-state index >= 15 is 0 Å². The molecule has 0 spiro atoms. The van der Waals surface area contributed by atoms with E-state index in [1.54, 1.807) is 6.07 Å². The number of carbonyl (C=O) groups is 1. The lowest BCUT2D eigenvalue weighted by atomic mass is 9.91. The molecule has 0 bridgehead atoms. The highest BCUT2D eigenvalue weighted by Gasteiger charge is 2.22. The summed E-state index contributed by atoms with van der Waals surface area (Å²) in [5, 5.41) is 6.83. The molecule has 1 aliphatic carbocycles. The Hall–Kier alpha value is -2.53. The quantitative estimate of drug-likeness (QED) is 0.671. The van der Waals surface area contributed by atoms with Gasteiger partial charge < -0.3 is 22.1 Å². The number of nitrogens with one attached hydrogen (secondary N) is 2. The number of nitrogens with two attached hydrogens (primary N) is 2. The predicted octanol–water partition coefficient (Wildman–Crippen LogP) is 3.52. The zero-order valence-corrected chi connectivity index (χ0v) is 14.6. The summed E-state index contributed by atoms with van der Waals surface area (Å²) in [5.74, 6) is -0.448. The zero-order valence-electron chi connectivity index (χ0n) is 14.6. The minimum absolute atomic E-state index is 0.165. The van der Waals surface area contributed by atoms with E-state index in [2.05, 4.69) is 10.6 Å². The smallest absolute Gasteiger partial charge is 0.250 e. The van der Waals surface area contributed by atoms with Gasteiger partial charge in [0.25, 0.3) is 5.91 Å². The topological polar surface area (TPSA) is 93.2 Å². The molecule has 2 atom stereocenters. The molecule has 0 radical (unpaired) electrons. The Bertz CT molecular complexity index is 759. The summed E-state index contributed by atoms with van der Waals surface area (Å²) in [6, 6.07) is 14.0. The molecule has 25 heavy (non-hydrogen) atoms. The molecule has 2 aromatic rings. The monoisotopic (exact) mass is 338 g/mol. The molecule has 0 aliphatic heterocycles. The van der Waals surface area contributed by atoms with Crippen LogP contribution in [0.15, 0.2) is 42.5 Å². The van der Waals surface area contributed by atoms with E-state index in [4.69, 9.17) is 11.5 Å². The van der Waals surface area contributed by atoms with Crippen LogP contribution in [0.5, 0.6) is 0 Å². The van der Waals surface area contributed by atoms with Gasteiger partial charge >= 0.3 is 0 Å². The molecule has 2 unspecified atom stereocenters. The number of rotatable bonds is 5. The molecule has 0 saturated heterocycles. The molecule has 5 nitrogen and oxygen atoms in total. The van der Waals surface area contributed by atoms with Gasteiger partial charge in [0.15, 0.2) is 0 Å². The van der Waals surface area contributed by atoms with Crippen molar-refractivity contribution in [1.82, 2.24) is 0 Å². The highest BCUT2D eigenvalue weighted by molar-refractivity contribution is 6.00. The van der Waals surface area contributed by atoms with Crippen LogP contribution in [0.4, 0.5) is 17.1 Å². The number of hydrogen-bond acceptors (Lipinski definition) is 4. The van der Waals surface area contributed by atoms with Gasteiger partial charge in [0, 0.05) is 23.5 Å². The second kappa shape index (κ2) is 7.57. The van der Waals surface area contributed by atoms with E-state index in [1.165, 1.54) is 12.8 Å². The van der Waals surface area contributed by atoms with Crippen molar-refractivity contribution in [2.24, 2.45) is 11.5 Å². The molecule has 2 aromatic carbocycles. The Morgan fingerprint density at radius 3 is 2.60 bits per heavy atom. The second-order valence-corrected chi connectivity index (χ2v) is 6.82. The van der Waals surface area contributed by atoms with Crippen molar-refractivity contribution in [3.8, 4) is 0 Å². The minimum Gasteiger partial charge on any atom is -0.381 e. The van der Waals surface area contributed by atoms with E-state index in [9.17, 15) is 4.79 Å². The molecule has 0 heterocycles. The van der Waals surface area contributed by atoms with Gasteiger partial charge in [0.1, 0.15) is 0 Å². The lowest BCUT2D eigenvalue weighted by Gasteiger charge is -2.30. The summed E-state index contributed by atoms with van der Waals surface area (Å²) in [5.41, 5.74) is 16.0. The molecule has 5 heteroatoms. The van der Waals surface area contributed by atoms with Crippen LogP contribution in [-0.4, -0.2) is 18.0 Å². The third-order valence-corrected chi connectivity index (χ3v) is 4.75. The molecule has 3 rings (SSSR count). The van der Waals surface area contributed by atoms with Gasteiger partial charge in [-0.15, -0.1) is 0 Å². The number of benzene rings is 2. The van der Waals surface area contributed by atoms with Gasteiger partial charge in [-0.1, -0.05) is 25.0 Å². The molecule has 132 valence electrons. The first-order valence-corrected chi connectivity index (χ1v) is 8.82. The molecular formula is C20H26N4O. The Labute approximate surface area is 148 Å². The minimum atomic E-state index is -0.448.